The molecule has 0 bridgehead atoms. The number of alkyl halides is 3. The van der Waals surface area contributed by atoms with E-state index in [0.29, 0.717) is 0 Å². The van der Waals surface area contributed by atoms with Crippen molar-refractivity contribution in [3.8, 4) is 0 Å². The first-order valence-electron chi connectivity index (χ1n) is 4.39. The second kappa shape index (κ2) is 3.76. The number of carbonyl (C=O) groups is 1. The van der Waals surface area contributed by atoms with Crippen LogP contribution in [0.4, 0.5) is 13.2 Å². The molecular formula is C8H12F3N2O-. The lowest BCUT2D eigenvalue weighted by molar-refractivity contribution is -0.171. The van der Waals surface area contributed by atoms with E-state index in [9.17, 15) is 18.0 Å². The van der Waals surface area contributed by atoms with E-state index in [1.807, 2.05) is 0 Å². The number of carbonyl (C=O) groups excluding carboxylic acids is 1. The van der Waals surface area contributed by atoms with E-state index in [1.165, 1.54) is 6.92 Å². The number of hydrogen-bond donors (Lipinski definition) is 0. The Labute approximate surface area is 80.0 Å². The third-order valence-electron chi connectivity index (χ3n) is 2.33. The molecule has 1 unspecified atom stereocenters. The van der Waals surface area contributed by atoms with Crippen LogP contribution in [0.5, 0.6) is 0 Å². The van der Waals surface area contributed by atoms with Gasteiger partial charge in [0.05, 0.1) is 5.92 Å². The predicted octanol–water partition coefficient (Wildman–Crippen LogP) is 1.84. The highest BCUT2D eigenvalue weighted by Crippen LogP contribution is 2.33. The summed E-state index contributed by atoms with van der Waals surface area (Å²) in [4.78, 5) is 12.3. The van der Waals surface area contributed by atoms with Crippen molar-refractivity contribution in [3.05, 3.63) is 5.73 Å². The molecule has 1 N–H and O–H groups in total. The van der Waals surface area contributed by atoms with Crippen molar-refractivity contribution < 1.29 is 18.0 Å². The smallest absolute Gasteiger partial charge is 0.393 e. The van der Waals surface area contributed by atoms with E-state index < -0.39 is 24.0 Å². The van der Waals surface area contributed by atoms with Crippen molar-refractivity contribution >= 4 is 5.91 Å². The molecule has 0 aromatic carbocycles. The number of hydrogen-bond acceptors (Lipinski definition) is 1. The molecule has 2 atom stereocenters. The van der Waals surface area contributed by atoms with Gasteiger partial charge in [0.1, 0.15) is 0 Å². The normalized spacial score (nSPS) is 25.2. The summed E-state index contributed by atoms with van der Waals surface area (Å²) in [6.45, 7) is 1.20. The maximum Gasteiger partial charge on any atom is 0.393 e. The third-order valence-corrected chi connectivity index (χ3v) is 2.33. The molecule has 0 radical (unpaired) electrons. The van der Waals surface area contributed by atoms with Crippen molar-refractivity contribution in [1.29, 1.82) is 0 Å². The summed E-state index contributed by atoms with van der Waals surface area (Å²) in [5, 5.41) is 0. The topological polar surface area (TPSA) is 44.1 Å². The molecule has 0 saturated carbocycles. The number of amides is 1. The average molecular weight is 209 g/mol. The average Bonchev–Trinajstić information content (AvgIpc) is 2.49. The second-order valence-corrected chi connectivity index (χ2v) is 3.53. The Morgan fingerprint density at radius 1 is 1.57 bits per heavy atom. The molecule has 3 nitrogen and oxygen atoms in total. The second-order valence-electron chi connectivity index (χ2n) is 3.53. The number of likely N-dealkylation sites (tertiary alicyclic amines) is 1. The van der Waals surface area contributed by atoms with Gasteiger partial charge in [0.2, 0.25) is 5.91 Å². The molecule has 1 fully saturated rings. The van der Waals surface area contributed by atoms with Crippen molar-refractivity contribution in [3.63, 3.8) is 0 Å². The van der Waals surface area contributed by atoms with Crippen LogP contribution in [0.3, 0.4) is 0 Å². The summed E-state index contributed by atoms with van der Waals surface area (Å²) >= 11 is 0. The Bertz CT molecular complexity index is 227. The molecule has 0 aromatic rings. The van der Waals surface area contributed by atoms with E-state index in [4.69, 9.17) is 5.73 Å². The minimum atomic E-state index is -4.22. The van der Waals surface area contributed by atoms with Gasteiger partial charge in [-0.25, -0.2) is 0 Å². The molecular weight excluding hydrogens is 197 g/mol. The van der Waals surface area contributed by atoms with Crippen molar-refractivity contribution in [2.75, 3.05) is 13.1 Å². The summed E-state index contributed by atoms with van der Waals surface area (Å²) in [5.74, 6) is -1.93. The van der Waals surface area contributed by atoms with Crippen LogP contribution in [0.25, 0.3) is 5.73 Å². The minimum absolute atomic E-state index is 0.0397. The van der Waals surface area contributed by atoms with E-state index in [0.717, 1.165) is 4.90 Å². The van der Waals surface area contributed by atoms with Gasteiger partial charge < -0.3 is 10.6 Å². The summed E-state index contributed by atoms with van der Waals surface area (Å²) in [5.41, 5.74) is 7.10. The Morgan fingerprint density at radius 3 is 2.50 bits per heavy atom. The molecule has 0 aromatic heterocycles. The number of halogens is 3. The van der Waals surface area contributed by atoms with Crippen LogP contribution in [-0.2, 0) is 4.79 Å². The highest BCUT2D eigenvalue weighted by atomic mass is 19.4. The Kier molecular flexibility index (Phi) is 3.04. The largest absolute Gasteiger partial charge is 0.667 e. The zero-order valence-electron chi connectivity index (χ0n) is 7.77. The molecule has 1 aliphatic rings. The lowest BCUT2D eigenvalue weighted by atomic mass is 10.1. The Hall–Kier alpha value is -0.780. The van der Waals surface area contributed by atoms with Gasteiger partial charge in [-0.15, -0.1) is 0 Å². The first-order valence-corrected chi connectivity index (χ1v) is 4.39. The van der Waals surface area contributed by atoms with Crippen LogP contribution in [-0.4, -0.2) is 36.1 Å². The lowest BCUT2D eigenvalue weighted by Gasteiger charge is -2.23. The van der Waals surface area contributed by atoms with Gasteiger partial charge in [-0.2, -0.15) is 13.2 Å². The fraction of sp³-hybridized carbons (Fsp3) is 0.875. The summed E-state index contributed by atoms with van der Waals surface area (Å²) < 4.78 is 36.6. The van der Waals surface area contributed by atoms with Gasteiger partial charge in [0.25, 0.3) is 0 Å². The zero-order valence-corrected chi connectivity index (χ0v) is 7.77. The Morgan fingerprint density at radius 2 is 2.14 bits per heavy atom. The van der Waals surface area contributed by atoms with Gasteiger partial charge in [0, 0.05) is 13.1 Å². The number of nitrogens with zero attached hydrogens (tertiary/aromatic N) is 1. The molecule has 1 amide bonds. The van der Waals surface area contributed by atoms with Crippen molar-refractivity contribution in [2.45, 2.75) is 25.6 Å². The van der Waals surface area contributed by atoms with Gasteiger partial charge in [-0.3, -0.25) is 4.79 Å². The molecule has 1 aliphatic heterocycles. The fourth-order valence-electron chi connectivity index (χ4n) is 1.50. The van der Waals surface area contributed by atoms with E-state index in [2.05, 4.69) is 0 Å². The molecule has 0 spiro atoms. The van der Waals surface area contributed by atoms with Crippen LogP contribution in [0.15, 0.2) is 0 Å². The molecule has 82 valence electrons. The minimum Gasteiger partial charge on any atom is -0.667 e. The van der Waals surface area contributed by atoms with Crippen molar-refractivity contribution in [1.82, 2.24) is 4.90 Å². The van der Waals surface area contributed by atoms with Gasteiger partial charge >= 0.3 is 6.18 Å². The van der Waals surface area contributed by atoms with Crippen LogP contribution >= 0.6 is 0 Å². The maximum absolute atomic E-state index is 12.2. The quantitative estimate of drug-likeness (QED) is 0.649. The summed E-state index contributed by atoms with van der Waals surface area (Å²) in [6.07, 6.45) is -4.26. The molecule has 1 rings (SSSR count). The van der Waals surface area contributed by atoms with Crippen LogP contribution < -0.4 is 0 Å². The first kappa shape index (κ1) is 11.3. The van der Waals surface area contributed by atoms with Crippen molar-refractivity contribution in [2.24, 2.45) is 5.92 Å². The van der Waals surface area contributed by atoms with Gasteiger partial charge in [0.15, 0.2) is 0 Å². The first-order chi connectivity index (χ1) is 6.32. The van der Waals surface area contributed by atoms with Crippen LogP contribution in [0.1, 0.15) is 13.3 Å². The third kappa shape index (κ3) is 2.37. The zero-order chi connectivity index (χ0) is 10.9. The molecule has 14 heavy (non-hydrogen) atoms. The van der Waals surface area contributed by atoms with Crippen LogP contribution in [0, 0.1) is 5.92 Å². The molecule has 6 heteroatoms. The SMILES string of the molecule is C[C@@H]([NH-])C(=O)N1CCC(C(F)(F)F)C1. The number of rotatable bonds is 1. The van der Waals surface area contributed by atoms with Gasteiger partial charge in [-0.1, -0.05) is 13.0 Å². The van der Waals surface area contributed by atoms with E-state index in [1.54, 1.807) is 0 Å². The fourth-order valence-corrected chi connectivity index (χ4v) is 1.50. The summed E-state index contributed by atoms with van der Waals surface area (Å²) in [7, 11) is 0. The highest BCUT2D eigenvalue weighted by molar-refractivity contribution is 5.83. The lowest BCUT2D eigenvalue weighted by Crippen LogP contribution is -2.36. The molecule has 1 heterocycles. The number of nitrogens with one attached hydrogen (secondary N) is 1. The summed E-state index contributed by atoms with van der Waals surface area (Å²) in [6, 6.07) is -0.970. The van der Waals surface area contributed by atoms with E-state index >= 15 is 0 Å². The highest BCUT2D eigenvalue weighted by Gasteiger charge is 2.44. The van der Waals surface area contributed by atoms with E-state index in [-0.39, 0.29) is 19.5 Å². The predicted molar refractivity (Wildman–Crippen MR) is 44.5 cm³/mol. The maximum atomic E-state index is 12.2. The molecule has 1 saturated heterocycles. The standard InChI is InChI=1S/C8H12F3N2O/c1-5(12)7(14)13-3-2-6(4-13)8(9,10)11/h5-6,12H,2-4H2,1H3/q-1/t5-,6?/m1/s1. The van der Waals surface area contributed by atoms with Gasteiger partial charge in [-0.05, 0) is 6.42 Å². The van der Waals surface area contributed by atoms with Crippen LogP contribution in [0.2, 0.25) is 0 Å². The molecule has 0 aliphatic carbocycles. The monoisotopic (exact) mass is 209 g/mol. The Balaban J connectivity index is 2.54.